The van der Waals surface area contributed by atoms with Crippen LogP contribution in [0.1, 0.15) is 171 Å². The minimum Gasteiger partial charge on any atom is -0.479 e. The fourth-order valence-electron chi connectivity index (χ4n) is 17.2. The molecule has 7 saturated heterocycles. The molecule has 0 unspecified atom stereocenters. The molecule has 7 fully saturated rings. The molecular formula is C90H141N35O24. The van der Waals surface area contributed by atoms with Crippen molar-refractivity contribution >= 4 is 131 Å². The fraction of sp³-hybridized carbons (Fsp3) is 0.589. The van der Waals surface area contributed by atoms with Crippen LogP contribution in [0, 0.1) is 29.6 Å². The van der Waals surface area contributed by atoms with Crippen molar-refractivity contribution in [3.63, 3.8) is 0 Å². The Hall–Kier alpha value is -13.4. The first kappa shape index (κ1) is 92.9. The molecule has 820 valence electrons. The second-order valence-corrected chi connectivity index (χ2v) is 32.9. The maximum Gasteiger partial charge on any atom is 0.335 e. The maximum absolute atomic E-state index is 12.0. The lowest BCUT2D eigenvalue weighted by molar-refractivity contribution is -0.157. The van der Waals surface area contributed by atoms with Crippen LogP contribution in [0.25, 0.3) is 78.1 Å². The van der Waals surface area contributed by atoms with E-state index < -0.39 is 227 Å². The number of aromatic nitrogens is 28. The molecule has 0 amide bonds. The summed E-state index contributed by atoms with van der Waals surface area (Å²) in [5.74, 6) is -2.97. The van der Waals surface area contributed by atoms with Gasteiger partial charge in [-0.25, -0.2) is 114 Å². The number of imidazole rings is 7. The van der Waals surface area contributed by atoms with Crippen molar-refractivity contribution in [2.75, 3.05) is 116 Å². The summed E-state index contributed by atoms with van der Waals surface area (Å²) in [4.78, 5) is 108. The molecule has 21 heterocycles. The van der Waals surface area contributed by atoms with Crippen LogP contribution in [0.15, 0.2) is 88.6 Å². The lowest BCUT2D eigenvalue weighted by Crippen LogP contribution is -2.34. The first-order chi connectivity index (χ1) is 76.0. The van der Waals surface area contributed by atoms with Gasteiger partial charge in [-0.15, -0.1) is 0 Å². The van der Waals surface area contributed by atoms with Crippen LogP contribution < -0.4 is 40.1 Å². The van der Waals surface area contributed by atoms with Crippen LogP contribution in [0.4, 0.5) is 40.7 Å². The Morgan fingerprint density at radius 2 is 0.544 bits per heavy atom. The molecule has 0 saturated carbocycles. The van der Waals surface area contributed by atoms with Gasteiger partial charge in [0, 0.05) is 71.8 Å². The Balaban J connectivity index is 0.000000236. The zero-order valence-corrected chi connectivity index (χ0v) is 75.8. The molecule has 22 N–H and O–H groups in total. The van der Waals surface area contributed by atoms with Crippen molar-refractivity contribution in [1.82, 2.24) is 137 Å². The largest absolute Gasteiger partial charge is 0.479 e. The third-order valence-corrected chi connectivity index (χ3v) is 24.9. The number of nitrogens with two attached hydrogens (primary N) is 7. The first-order valence-electron chi connectivity index (χ1n) is 53.0. The van der Waals surface area contributed by atoms with Gasteiger partial charge in [0.1, 0.15) is 150 Å². The monoisotopic (exact) mass is 2120 g/mol. The summed E-state index contributed by atoms with van der Waals surface area (Å²) >= 11 is 0. The highest BCUT2D eigenvalue weighted by molar-refractivity contribution is 5.86. The highest BCUT2D eigenvalue weighted by Crippen LogP contribution is 2.45. The van der Waals surface area contributed by atoms with E-state index in [-0.39, 0.29) is 123 Å². The lowest BCUT2D eigenvalue weighted by atomic mass is 9.98. The third-order valence-electron chi connectivity index (χ3n) is 24.9. The topological polar surface area (TPSA) is 813 Å². The molecule has 28 atom stereocenters. The zero-order chi connectivity index (χ0) is 118. The van der Waals surface area contributed by atoms with Gasteiger partial charge < -0.3 is 147 Å². The summed E-state index contributed by atoms with van der Waals surface area (Å²) in [5.41, 5.74) is 45.1. The molecule has 0 aromatic carbocycles. The number of ether oxygens (including phenoxy) is 14. The van der Waals surface area contributed by atoms with Crippen molar-refractivity contribution in [2.24, 2.45) is 29.6 Å². The molecule has 59 nitrogen and oxygen atoms in total. The minimum absolute atomic E-state index is 0. The number of nitrogen functional groups attached to an aromatic ring is 7. The van der Waals surface area contributed by atoms with Gasteiger partial charge in [0.15, 0.2) is 136 Å². The molecule has 149 heavy (non-hydrogen) atoms. The Bertz CT molecular complexity index is 7210. The van der Waals surface area contributed by atoms with E-state index >= 15 is 0 Å². The number of hydrogen-bond donors (Lipinski definition) is 15. The third kappa shape index (κ3) is 23.2. The van der Waals surface area contributed by atoms with Gasteiger partial charge in [0.25, 0.3) is 0 Å². The summed E-state index contributed by atoms with van der Waals surface area (Å²) in [6.45, 7) is 6.60. The smallest absolute Gasteiger partial charge is 0.335 e. The minimum atomic E-state index is -2.75. The van der Waals surface area contributed by atoms with Crippen LogP contribution in [-0.4, -0.2) is 363 Å². The number of aliphatic hydroxyl groups is 7. The number of esters is 1. The number of aliphatic hydroxyl groups excluding tert-OH is 6. The van der Waals surface area contributed by atoms with E-state index in [1.165, 1.54) is 125 Å². The molecule has 21 rings (SSSR count). The number of nitrogens with zero attached hydrogens (tertiary/aromatic N) is 28. The fourth-order valence-corrected chi connectivity index (χ4v) is 17.2. The molecule has 7 aliphatic heterocycles. The number of carbonyl (C=O) groups is 2. The number of methoxy groups -OCH3 is 7. The number of anilines is 7. The average molecular weight is 2120 g/mol. The van der Waals surface area contributed by atoms with Crippen LogP contribution in [0.5, 0.6) is 0 Å². The Kier molecular flexibility index (Phi) is 32.5. The van der Waals surface area contributed by atoms with Crippen LogP contribution in [0.2, 0.25) is 0 Å². The second kappa shape index (κ2) is 52.2. The summed E-state index contributed by atoms with van der Waals surface area (Å²) in [6, 6.07) is 0. The van der Waals surface area contributed by atoms with E-state index in [1.54, 1.807) is 29.9 Å². The quantitative estimate of drug-likeness (QED) is 0.0488. The van der Waals surface area contributed by atoms with Gasteiger partial charge in [0.05, 0.1) is 124 Å². The molecule has 0 bridgehead atoms. The number of rotatable bonds is 20. The van der Waals surface area contributed by atoms with E-state index in [0.29, 0.717) is 72.5 Å². The van der Waals surface area contributed by atoms with Crippen molar-refractivity contribution in [3.8, 4) is 0 Å². The normalized spacial score (nSPS) is 31.0. The molecule has 0 radical (unpaired) electrons. The number of fused-ring (bicyclic) bond motifs is 7. The van der Waals surface area contributed by atoms with Crippen molar-refractivity contribution in [1.29, 1.82) is 0 Å². The molecule has 59 heteroatoms. The predicted molar refractivity (Wildman–Crippen MR) is 540 cm³/mol. The number of aliphatic carboxylic acids is 1. The van der Waals surface area contributed by atoms with Crippen LogP contribution >= 0.6 is 0 Å². The molecular weight excluding hydrogens is 1960 g/mol. The van der Waals surface area contributed by atoms with Gasteiger partial charge in [-0.05, 0) is 6.42 Å². The number of carboxylic acid groups (broad SMARTS) is 1. The van der Waals surface area contributed by atoms with E-state index in [4.69, 9.17) is 139 Å². The summed E-state index contributed by atoms with van der Waals surface area (Å²) < 4.78 is 233. The highest BCUT2D eigenvalue weighted by atomic mass is 16.6. The summed E-state index contributed by atoms with van der Waals surface area (Å²) in [7, 11) is -14.7. The van der Waals surface area contributed by atoms with E-state index in [0.717, 1.165) is 6.42 Å². The number of carbonyl (C=O) groups excluding carboxylic acids is 1. The molecule has 0 spiro atoms. The van der Waals surface area contributed by atoms with Gasteiger partial charge in [-0.2, -0.15) is 0 Å². The average Bonchev–Trinajstić information content (AvgIpc) is 1.59. The van der Waals surface area contributed by atoms with E-state index in [2.05, 4.69) is 105 Å². The molecule has 0 aliphatic carbocycles. The van der Waals surface area contributed by atoms with Crippen LogP contribution in [0.3, 0.4) is 0 Å². The van der Waals surface area contributed by atoms with Crippen molar-refractivity contribution < 1.29 is 144 Å². The maximum atomic E-state index is 12.0. The first-order valence-corrected chi connectivity index (χ1v) is 43.0. The number of carboxylic acids is 1. The Labute approximate surface area is 884 Å². The summed E-state index contributed by atoms with van der Waals surface area (Å²) in [6.07, 6.45) is -2.49. The van der Waals surface area contributed by atoms with Gasteiger partial charge in [-0.1, -0.05) is 93.5 Å². The van der Waals surface area contributed by atoms with Gasteiger partial charge in [0.2, 0.25) is 0 Å². The number of hydrogen-bond acceptors (Lipinski definition) is 51. The molecule has 14 aromatic heterocycles. The van der Waals surface area contributed by atoms with Gasteiger partial charge in [-0.3, -0.25) is 32.0 Å². The molecule has 14 aromatic rings. The zero-order valence-electron chi connectivity index (χ0n) is 95.8. The van der Waals surface area contributed by atoms with Crippen LogP contribution in [-0.2, 0) is 75.9 Å². The van der Waals surface area contributed by atoms with E-state index in [1.807, 2.05) is 13.8 Å². The van der Waals surface area contributed by atoms with Crippen molar-refractivity contribution in [3.05, 3.63) is 88.6 Å². The lowest BCUT2D eigenvalue weighted by Gasteiger charge is -2.20. The Morgan fingerprint density at radius 1 is 0.315 bits per heavy atom. The molecule has 7 aliphatic rings. The predicted octanol–water partition coefficient (Wildman–Crippen LogP) is 2.58. The standard InChI is InChI=1S/C13H17N5O4.C13H19N5O2.C12H15N5O4.2C12H17N5O3.C11H15N5O4.C10H13N5O4.7CH4/c1-6-8(20-2)12(22-9(6)13(19)21-3)18-5-17-7-10(14)15-4-16-11(7)18;1-4-8-7(2)10(19-3)13(20-8)18-6-17-9-11(14)15-5-16-12(9)18;1-5-7(20-2)11(21-8(5)12(18)19)17-4-16-6-9(13)14-3-15-10(6)17;2*1-6-7(3-18)20-12(9(6)19-2)17-5-16-8-10(13)14-4-15-11(8)17;1-19-8-7(18)5(2-17)20-11(8)16-4-15-6-9(12)13-3-14-10(6)16;11-8-5-9(13-2-12-8)15(3-14-5)10-7(18)6(17)4(1-16)19-10;;;;;;;/h4-6,8-9,12H,1-3H3,(H2,14,15,16);5-8,10,13H,4H2,1-3H3,(H2,14,15,16);3-5,7-8,11H,1-2H3,(H,18,19)(H2,13,14,15);2*4-7,9,12,18H,3H2,1-2H3,(H2,13,14,15);3-5,7-8,11,17-18H,2H2,1H3,(H2,12,13,14);2-4,6-7,10,16-18H,1H2,(H2,11,12,13);7*1H4/t6-,8+,9-,12+;7-,8-,10-,13-;5-,7+,8-,11+;2*6-,7-,9-,12-;5-,7-,8-,11-;4-,6-,7-,10-;;;;;;;/m0101111......./s1/i2D3;3D3;2D3;2D3,3D2;2D3;1D3;;;;;;;;. The second-order valence-electron chi connectivity index (χ2n) is 32.9. The summed E-state index contributed by atoms with van der Waals surface area (Å²) in [5, 5.41) is 76.6. The van der Waals surface area contributed by atoms with E-state index in [9.17, 15) is 45.3 Å². The Morgan fingerprint density at radius 3 is 0.819 bits per heavy atom. The van der Waals surface area contributed by atoms with Crippen molar-refractivity contribution in [2.45, 2.75) is 241 Å². The SMILES string of the molecule is C.C.C.C.C.C.C.Nc1ncnc2c1ncn2[C@@H]1O[C@H](CO)[C@@H](O)[C@H]1O.[2H]C([2H])([2H])O[C@@H]1[C@H](C)[C@@H](C(=O)O)O[C@H]1n1cnc2c(N)ncnc21.[2H]C([2H])([2H])O[C@@H]1[C@H](C)[C@@H](C(=O)OC)O[C@H]1n1cnc2c(N)ncnc21.[2H]C([2H])([2H])O[C@@H]1[C@H](C)[C@@H](C([2H])([2H])O)O[C@H]1n1cnc2c(N)ncnc21.[2H]C([2H])([2H])O[C@@H]1[C@H](C)[C@@H](CC)O[C@H]1n1cnc2c(N)ncnc21.[2H]C([2H])([2H])O[C@@H]1[C@H](C)[C@@H](CO)O[C@H]1n1cnc2c(N)ncnc21.[2H]C([2H])([2H])O[C@@H]1[C@H](O)[C@@H](CO)O[C@H]1n1cnc2c(N)ncnc21. The van der Waals surface area contributed by atoms with Gasteiger partial charge >= 0.3 is 11.9 Å². The highest BCUT2D eigenvalue weighted by Gasteiger charge is 2.53.